The average molecular weight is 393 g/mol. The topological polar surface area (TPSA) is 38.9 Å². The Hall–Kier alpha value is -2.13. The molecule has 3 aromatic rings. The Morgan fingerprint density at radius 1 is 1.11 bits per heavy atom. The molecule has 2 nitrogen and oxygen atoms in total. The molecule has 1 aliphatic rings. The van der Waals surface area contributed by atoms with Gasteiger partial charge in [-0.25, -0.2) is 4.98 Å². The number of benzene rings is 2. The van der Waals surface area contributed by atoms with Gasteiger partial charge in [0.1, 0.15) is 5.01 Å². The quantitative estimate of drug-likeness (QED) is 0.491. The first-order chi connectivity index (χ1) is 13.4. The van der Waals surface area contributed by atoms with E-state index in [1.165, 1.54) is 41.5 Å². The van der Waals surface area contributed by atoms with Gasteiger partial charge in [-0.05, 0) is 66.0 Å². The maximum Gasteiger partial charge on any atom is 0.123 e. The van der Waals surface area contributed by atoms with Crippen molar-refractivity contribution in [3.8, 4) is 10.6 Å². The summed E-state index contributed by atoms with van der Waals surface area (Å²) >= 11 is 1.74. The van der Waals surface area contributed by atoms with Crippen molar-refractivity contribution in [2.24, 2.45) is 0 Å². The Kier molecular flexibility index (Phi) is 6.24. The second-order valence-electron chi connectivity index (χ2n) is 8.12. The molecule has 1 aliphatic carbocycles. The lowest BCUT2D eigenvalue weighted by atomic mass is 9.72. The molecule has 28 heavy (non-hydrogen) atoms. The van der Waals surface area contributed by atoms with E-state index in [2.05, 4.69) is 56.5 Å². The molecule has 0 bridgehead atoms. The number of fused-ring (bicyclic) bond motifs is 1. The number of nitrogen functional groups attached to an aromatic ring is 1. The molecule has 0 saturated carbocycles. The molecule has 148 valence electrons. The number of hydrogen-bond donors (Lipinski definition) is 1. The monoisotopic (exact) mass is 392 g/mol. The highest BCUT2D eigenvalue weighted by molar-refractivity contribution is 7.13. The second kappa shape index (κ2) is 8.48. The van der Waals surface area contributed by atoms with Gasteiger partial charge in [-0.15, -0.1) is 11.3 Å². The first kappa shape index (κ1) is 20.6. The van der Waals surface area contributed by atoms with Crippen molar-refractivity contribution in [1.82, 2.24) is 4.98 Å². The predicted octanol–water partition coefficient (Wildman–Crippen LogP) is 6.93. The van der Waals surface area contributed by atoms with Crippen molar-refractivity contribution in [2.75, 3.05) is 5.73 Å². The summed E-state index contributed by atoms with van der Waals surface area (Å²) in [5, 5.41) is 3.31. The van der Waals surface area contributed by atoms with Crippen LogP contribution in [0.3, 0.4) is 0 Å². The summed E-state index contributed by atoms with van der Waals surface area (Å²) in [4.78, 5) is 4.91. The second-order valence-corrected chi connectivity index (χ2v) is 8.98. The Morgan fingerprint density at radius 2 is 1.89 bits per heavy atom. The summed E-state index contributed by atoms with van der Waals surface area (Å²) < 4.78 is 0. The molecule has 4 rings (SSSR count). The molecule has 2 N–H and O–H groups in total. The Balaban J connectivity index is 0.00000109. The number of rotatable bonds is 3. The summed E-state index contributed by atoms with van der Waals surface area (Å²) in [6.07, 6.45) is 4.62. The summed E-state index contributed by atoms with van der Waals surface area (Å²) in [5.41, 5.74) is 14.8. The molecule has 3 heteroatoms. The fourth-order valence-corrected chi connectivity index (χ4v) is 4.81. The van der Waals surface area contributed by atoms with Crippen LogP contribution in [-0.4, -0.2) is 4.98 Å². The number of anilines is 1. The highest BCUT2D eigenvalue weighted by Crippen LogP contribution is 2.39. The van der Waals surface area contributed by atoms with Gasteiger partial charge in [-0.1, -0.05) is 52.0 Å². The standard InChI is InChI=1S/C23H26N2S.C2H6/c1-15-11-16(6-9-21(15)24)12-19-14-26-22(25-19)18-8-7-17-5-4-10-23(2,3)20(17)13-18;1-2/h6-9,11,13-14H,4-5,10,12,24H2,1-3H3;1-2H3. The van der Waals surface area contributed by atoms with Crippen LogP contribution in [0.2, 0.25) is 0 Å². The van der Waals surface area contributed by atoms with Crippen LogP contribution in [0.1, 0.15) is 68.5 Å². The molecule has 2 aromatic carbocycles. The van der Waals surface area contributed by atoms with E-state index in [4.69, 9.17) is 10.7 Å². The molecule has 0 amide bonds. The van der Waals surface area contributed by atoms with E-state index < -0.39 is 0 Å². The number of hydrogen-bond acceptors (Lipinski definition) is 3. The van der Waals surface area contributed by atoms with Crippen LogP contribution < -0.4 is 5.73 Å². The third-order valence-electron chi connectivity index (χ3n) is 5.61. The highest BCUT2D eigenvalue weighted by Gasteiger charge is 2.27. The average Bonchev–Trinajstić information content (AvgIpc) is 3.14. The Morgan fingerprint density at radius 3 is 2.64 bits per heavy atom. The van der Waals surface area contributed by atoms with Crippen LogP contribution in [-0.2, 0) is 18.3 Å². The van der Waals surface area contributed by atoms with Crippen molar-refractivity contribution in [3.63, 3.8) is 0 Å². The minimum absolute atomic E-state index is 0.269. The van der Waals surface area contributed by atoms with Gasteiger partial charge in [-0.3, -0.25) is 0 Å². The zero-order chi connectivity index (χ0) is 20.3. The SMILES string of the molecule is CC.Cc1cc(Cc2csc(-c3ccc4c(c3)C(C)(C)CCC4)n2)ccc1N. The Bertz CT molecular complexity index is 953. The van der Waals surface area contributed by atoms with Gasteiger partial charge in [-0.2, -0.15) is 0 Å². The third kappa shape index (κ3) is 4.30. The van der Waals surface area contributed by atoms with Crippen molar-refractivity contribution in [3.05, 3.63) is 69.7 Å². The Labute approximate surface area is 173 Å². The van der Waals surface area contributed by atoms with E-state index in [1.807, 2.05) is 19.9 Å². The van der Waals surface area contributed by atoms with Crippen LogP contribution in [0, 0.1) is 6.92 Å². The molecule has 1 heterocycles. The number of aromatic nitrogens is 1. The minimum atomic E-state index is 0.269. The zero-order valence-corrected chi connectivity index (χ0v) is 18.6. The normalized spacial score (nSPS) is 14.8. The number of aryl methyl sites for hydroxylation is 2. The van der Waals surface area contributed by atoms with Gasteiger partial charge < -0.3 is 5.73 Å². The molecule has 0 spiro atoms. The summed E-state index contributed by atoms with van der Waals surface area (Å²) in [7, 11) is 0. The lowest BCUT2D eigenvalue weighted by molar-refractivity contribution is 0.432. The largest absolute Gasteiger partial charge is 0.399 e. The fourth-order valence-electron chi connectivity index (χ4n) is 3.99. The van der Waals surface area contributed by atoms with Crippen LogP contribution in [0.15, 0.2) is 41.8 Å². The maximum absolute atomic E-state index is 5.93. The van der Waals surface area contributed by atoms with Gasteiger partial charge >= 0.3 is 0 Å². The molecule has 0 atom stereocenters. The number of thiazole rings is 1. The van der Waals surface area contributed by atoms with E-state index in [0.29, 0.717) is 0 Å². The first-order valence-corrected chi connectivity index (χ1v) is 11.2. The molecule has 0 radical (unpaired) electrons. The van der Waals surface area contributed by atoms with E-state index >= 15 is 0 Å². The first-order valence-electron chi connectivity index (χ1n) is 10.4. The number of nitrogens with zero attached hydrogens (tertiary/aromatic N) is 1. The fraction of sp³-hybridized carbons (Fsp3) is 0.400. The van der Waals surface area contributed by atoms with Gasteiger partial charge in [0.2, 0.25) is 0 Å². The van der Waals surface area contributed by atoms with Crippen molar-refractivity contribution >= 4 is 17.0 Å². The van der Waals surface area contributed by atoms with E-state index in [0.717, 1.165) is 28.4 Å². The van der Waals surface area contributed by atoms with E-state index in [9.17, 15) is 0 Å². The minimum Gasteiger partial charge on any atom is -0.399 e. The van der Waals surface area contributed by atoms with Gasteiger partial charge in [0.15, 0.2) is 0 Å². The summed E-state index contributed by atoms with van der Waals surface area (Å²) in [6, 6.07) is 13.2. The van der Waals surface area contributed by atoms with Crippen molar-refractivity contribution in [2.45, 2.75) is 65.7 Å². The lowest BCUT2D eigenvalue weighted by Crippen LogP contribution is -2.23. The summed E-state index contributed by atoms with van der Waals surface area (Å²) in [6.45, 7) is 10.8. The van der Waals surface area contributed by atoms with E-state index in [1.54, 1.807) is 11.3 Å². The lowest BCUT2D eigenvalue weighted by Gasteiger charge is -2.32. The smallest absolute Gasteiger partial charge is 0.123 e. The third-order valence-corrected chi connectivity index (χ3v) is 6.55. The number of nitrogens with two attached hydrogens (primary N) is 1. The van der Waals surface area contributed by atoms with E-state index in [-0.39, 0.29) is 5.41 Å². The summed E-state index contributed by atoms with van der Waals surface area (Å²) in [5.74, 6) is 0. The van der Waals surface area contributed by atoms with Crippen molar-refractivity contribution < 1.29 is 0 Å². The van der Waals surface area contributed by atoms with Crippen LogP contribution in [0.4, 0.5) is 5.69 Å². The molecule has 0 unspecified atom stereocenters. The molecule has 0 aliphatic heterocycles. The van der Waals surface area contributed by atoms with Crippen molar-refractivity contribution in [1.29, 1.82) is 0 Å². The molecule has 1 aromatic heterocycles. The zero-order valence-electron chi connectivity index (χ0n) is 17.8. The van der Waals surface area contributed by atoms with Gasteiger partial charge in [0, 0.05) is 23.1 Å². The molecule has 0 saturated heterocycles. The van der Waals surface area contributed by atoms with Gasteiger partial charge in [0.05, 0.1) is 5.69 Å². The predicted molar refractivity (Wildman–Crippen MR) is 123 cm³/mol. The van der Waals surface area contributed by atoms with Crippen LogP contribution >= 0.6 is 11.3 Å². The highest BCUT2D eigenvalue weighted by atomic mass is 32.1. The molecule has 0 fully saturated rings. The molecular formula is C25H32N2S. The maximum atomic E-state index is 5.93. The van der Waals surface area contributed by atoms with Gasteiger partial charge in [0.25, 0.3) is 0 Å². The van der Waals surface area contributed by atoms with Crippen LogP contribution in [0.5, 0.6) is 0 Å². The van der Waals surface area contributed by atoms with Crippen LogP contribution in [0.25, 0.3) is 10.6 Å². The molecular weight excluding hydrogens is 360 g/mol.